The molecule has 5 nitrogen and oxygen atoms in total. The lowest BCUT2D eigenvalue weighted by molar-refractivity contribution is -0.117. The van der Waals surface area contributed by atoms with Gasteiger partial charge in [-0.3, -0.25) is 15.0 Å². The van der Waals surface area contributed by atoms with E-state index in [4.69, 9.17) is 4.52 Å². The summed E-state index contributed by atoms with van der Waals surface area (Å²) < 4.78 is 5.20. The van der Waals surface area contributed by atoms with Gasteiger partial charge >= 0.3 is 0 Å². The lowest BCUT2D eigenvalue weighted by Gasteiger charge is -2.16. The van der Waals surface area contributed by atoms with Crippen LogP contribution in [0.5, 0.6) is 0 Å². The van der Waals surface area contributed by atoms with Crippen molar-refractivity contribution in [2.75, 3.05) is 18.9 Å². The summed E-state index contributed by atoms with van der Waals surface area (Å²) in [6.45, 7) is 11.5. The van der Waals surface area contributed by atoms with Crippen LogP contribution in [0.3, 0.4) is 0 Å². The Morgan fingerprint density at radius 1 is 1.24 bits per heavy atom. The van der Waals surface area contributed by atoms with Crippen LogP contribution in [0, 0.1) is 0 Å². The summed E-state index contributed by atoms with van der Waals surface area (Å²) in [5.41, 5.74) is 3.23. The molecule has 136 valence electrons. The van der Waals surface area contributed by atoms with Crippen molar-refractivity contribution in [3.8, 4) is 0 Å². The van der Waals surface area contributed by atoms with E-state index in [2.05, 4.69) is 69.4 Å². The maximum atomic E-state index is 12.2. The van der Waals surface area contributed by atoms with E-state index in [1.165, 1.54) is 11.1 Å². The number of rotatable bonds is 6. The fourth-order valence-corrected chi connectivity index (χ4v) is 2.49. The number of aromatic nitrogens is 1. The molecule has 1 amide bonds. The van der Waals surface area contributed by atoms with Gasteiger partial charge in [0.2, 0.25) is 11.8 Å². The number of hydrogen-bond acceptors (Lipinski definition) is 4. The lowest BCUT2D eigenvalue weighted by Crippen LogP contribution is -2.29. The standard InChI is InChI=1S/C20H29N3O2/c1-14(2)16-9-7-15(8-10-16)12-23(6)13-18(24)21-19-11-17(22-25-19)20(3,4)5/h7-11,14H,12-13H2,1-6H3,(H,21,24). The van der Waals surface area contributed by atoms with E-state index in [1.807, 2.05) is 11.9 Å². The second kappa shape index (κ2) is 7.83. The van der Waals surface area contributed by atoms with E-state index in [0.717, 1.165) is 12.2 Å². The highest BCUT2D eigenvalue weighted by atomic mass is 16.5. The fraction of sp³-hybridized carbons (Fsp3) is 0.500. The monoisotopic (exact) mass is 343 g/mol. The van der Waals surface area contributed by atoms with Crippen LogP contribution in [0.1, 0.15) is 57.4 Å². The van der Waals surface area contributed by atoms with Gasteiger partial charge in [0.1, 0.15) is 0 Å². The molecule has 5 heteroatoms. The van der Waals surface area contributed by atoms with Crippen molar-refractivity contribution in [1.82, 2.24) is 10.1 Å². The maximum absolute atomic E-state index is 12.2. The van der Waals surface area contributed by atoms with E-state index in [9.17, 15) is 4.79 Å². The zero-order valence-electron chi connectivity index (χ0n) is 16.1. The summed E-state index contributed by atoms with van der Waals surface area (Å²) >= 11 is 0. The topological polar surface area (TPSA) is 58.4 Å². The smallest absolute Gasteiger partial charge is 0.240 e. The molecular formula is C20H29N3O2. The lowest BCUT2D eigenvalue weighted by atomic mass is 9.92. The van der Waals surface area contributed by atoms with Crippen LogP contribution in [0.2, 0.25) is 0 Å². The van der Waals surface area contributed by atoms with Crippen LogP contribution in [0.15, 0.2) is 34.9 Å². The van der Waals surface area contributed by atoms with Gasteiger partial charge in [-0.25, -0.2) is 0 Å². The van der Waals surface area contributed by atoms with Crippen molar-refractivity contribution >= 4 is 11.8 Å². The third-order valence-electron chi connectivity index (χ3n) is 4.05. The summed E-state index contributed by atoms with van der Waals surface area (Å²) in [7, 11) is 1.93. The van der Waals surface area contributed by atoms with Crippen LogP contribution < -0.4 is 5.32 Å². The third-order valence-corrected chi connectivity index (χ3v) is 4.05. The van der Waals surface area contributed by atoms with Crippen molar-refractivity contribution in [2.45, 2.75) is 52.5 Å². The highest BCUT2D eigenvalue weighted by molar-refractivity contribution is 5.90. The molecule has 1 N–H and O–H groups in total. The Morgan fingerprint density at radius 3 is 2.40 bits per heavy atom. The van der Waals surface area contributed by atoms with E-state index in [-0.39, 0.29) is 17.9 Å². The minimum atomic E-state index is -0.113. The number of anilines is 1. The number of carbonyl (C=O) groups is 1. The Bertz CT molecular complexity index is 696. The molecule has 0 spiro atoms. The summed E-state index contributed by atoms with van der Waals surface area (Å²) in [4.78, 5) is 14.1. The van der Waals surface area contributed by atoms with Gasteiger partial charge in [0.05, 0.1) is 12.2 Å². The molecule has 0 aliphatic rings. The summed E-state index contributed by atoms with van der Waals surface area (Å²) in [5, 5.41) is 6.77. The Kier molecular flexibility index (Phi) is 6.01. The van der Waals surface area contributed by atoms with Crippen molar-refractivity contribution in [3.05, 3.63) is 47.2 Å². The largest absolute Gasteiger partial charge is 0.338 e. The highest BCUT2D eigenvalue weighted by Crippen LogP contribution is 2.23. The first-order valence-corrected chi connectivity index (χ1v) is 8.69. The summed E-state index contributed by atoms with van der Waals surface area (Å²) in [6.07, 6.45) is 0. The molecule has 0 radical (unpaired) electrons. The molecule has 0 aliphatic heterocycles. The molecule has 1 heterocycles. The Balaban J connectivity index is 1.86. The first-order valence-electron chi connectivity index (χ1n) is 8.69. The molecule has 2 rings (SSSR count). The van der Waals surface area contributed by atoms with Gasteiger partial charge in [-0.2, -0.15) is 0 Å². The van der Waals surface area contributed by atoms with Gasteiger partial charge in [-0.05, 0) is 24.1 Å². The molecule has 25 heavy (non-hydrogen) atoms. The maximum Gasteiger partial charge on any atom is 0.240 e. The first kappa shape index (κ1) is 19.2. The average Bonchev–Trinajstić information content (AvgIpc) is 2.96. The number of amides is 1. The van der Waals surface area contributed by atoms with Crippen LogP contribution in [0.4, 0.5) is 5.88 Å². The molecule has 0 bridgehead atoms. The van der Waals surface area contributed by atoms with Crippen molar-refractivity contribution in [1.29, 1.82) is 0 Å². The fourth-order valence-electron chi connectivity index (χ4n) is 2.49. The molecule has 1 aromatic heterocycles. The van der Waals surface area contributed by atoms with Crippen molar-refractivity contribution < 1.29 is 9.32 Å². The number of likely N-dealkylation sites (N-methyl/N-ethyl adjacent to an activating group) is 1. The van der Waals surface area contributed by atoms with Gasteiger partial charge in [0, 0.05) is 18.0 Å². The van der Waals surface area contributed by atoms with E-state index < -0.39 is 0 Å². The van der Waals surface area contributed by atoms with Gasteiger partial charge in [0.25, 0.3) is 0 Å². The second-order valence-electron chi connectivity index (χ2n) is 7.94. The molecule has 0 fully saturated rings. The Hall–Kier alpha value is -2.14. The zero-order valence-corrected chi connectivity index (χ0v) is 16.1. The molecule has 2 aromatic rings. The number of carbonyl (C=O) groups excluding carboxylic acids is 1. The third kappa shape index (κ3) is 5.71. The number of hydrogen-bond donors (Lipinski definition) is 1. The van der Waals surface area contributed by atoms with Gasteiger partial charge < -0.3 is 4.52 Å². The van der Waals surface area contributed by atoms with E-state index in [0.29, 0.717) is 11.8 Å². The molecule has 0 aliphatic carbocycles. The first-order chi connectivity index (χ1) is 11.6. The number of nitrogens with one attached hydrogen (secondary N) is 1. The average molecular weight is 343 g/mol. The second-order valence-corrected chi connectivity index (χ2v) is 7.94. The summed E-state index contributed by atoms with van der Waals surface area (Å²) in [6, 6.07) is 10.3. The molecule has 0 saturated heterocycles. The van der Waals surface area contributed by atoms with Crippen molar-refractivity contribution in [3.63, 3.8) is 0 Å². The quantitative estimate of drug-likeness (QED) is 0.855. The normalized spacial score (nSPS) is 12.0. The zero-order chi connectivity index (χ0) is 18.6. The van der Waals surface area contributed by atoms with E-state index in [1.54, 1.807) is 6.07 Å². The molecular weight excluding hydrogens is 314 g/mol. The molecule has 0 atom stereocenters. The van der Waals surface area contributed by atoms with Crippen LogP contribution in [-0.2, 0) is 16.8 Å². The van der Waals surface area contributed by atoms with Crippen LogP contribution in [-0.4, -0.2) is 29.6 Å². The predicted octanol–water partition coefficient (Wildman–Crippen LogP) is 4.17. The van der Waals surface area contributed by atoms with Crippen molar-refractivity contribution in [2.24, 2.45) is 0 Å². The minimum Gasteiger partial charge on any atom is -0.338 e. The molecule has 1 aromatic carbocycles. The van der Waals surface area contributed by atoms with Crippen LogP contribution >= 0.6 is 0 Å². The summed E-state index contributed by atoms with van der Waals surface area (Å²) in [5.74, 6) is 0.806. The Morgan fingerprint density at radius 2 is 1.88 bits per heavy atom. The molecule has 0 saturated carbocycles. The van der Waals surface area contributed by atoms with E-state index >= 15 is 0 Å². The molecule has 0 unspecified atom stereocenters. The van der Waals surface area contributed by atoms with Gasteiger partial charge in [0.15, 0.2) is 0 Å². The van der Waals surface area contributed by atoms with Crippen LogP contribution in [0.25, 0.3) is 0 Å². The predicted molar refractivity (Wildman–Crippen MR) is 101 cm³/mol. The minimum absolute atomic E-state index is 0.106. The SMILES string of the molecule is CC(C)c1ccc(CN(C)CC(=O)Nc2cc(C(C)(C)C)no2)cc1. The van der Waals surface area contributed by atoms with Gasteiger partial charge in [-0.1, -0.05) is 64.0 Å². The highest BCUT2D eigenvalue weighted by Gasteiger charge is 2.20. The number of nitrogens with zero attached hydrogens (tertiary/aromatic N) is 2. The van der Waals surface area contributed by atoms with Gasteiger partial charge in [-0.15, -0.1) is 0 Å². The Labute approximate surface area is 150 Å². The number of benzene rings is 1.